The van der Waals surface area contributed by atoms with Crippen molar-refractivity contribution in [3.8, 4) is 22.7 Å². The van der Waals surface area contributed by atoms with Crippen LogP contribution in [0.1, 0.15) is 27.2 Å². The van der Waals surface area contributed by atoms with Gasteiger partial charge < -0.3 is 14.2 Å². The number of nitrogens with zero attached hydrogens (tertiary/aromatic N) is 2. The summed E-state index contributed by atoms with van der Waals surface area (Å²) in [4.78, 5) is 15.6. The summed E-state index contributed by atoms with van der Waals surface area (Å²) in [6, 6.07) is 26.0. The molecule has 2 heterocycles. The van der Waals surface area contributed by atoms with Crippen LogP contribution in [-0.4, -0.2) is 29.0 Å². The number of fused-ring (bicyclic) bond motifs is 1. The summed E-state index contributed by atoms with van der Waals surface area (Å²) in [6.45, 7) is 3.37. The molecule has 5 heteroatoms. The highest BCUT2D eigenvalue weighted by Gasteiger charge is 2.26. The number of methoxy groups -OCH3 is 1. The van der Waals surface area contributed by atoms with Gasteiger partial charge in [-0.2, -0.15) is 0 Å². The summed E-state index contributed by atoms with van der Waals surface area (Å²) in [5.41, 5.74) is 7.11. The number of hydrogen-bond acceptors (Lipinski definition) is 2. The second kappa shape index (κ2) is 8.80. The summed E-state index contributed by atoms with van der Waals surface area (Å²) in [5.74, 6) is 0.851. The van der Waals surface area contributed by atoms with Gasteiger partial charge in [0, 0.05) is 29.5 Å². The highest BCUT2D eigenvalue weighted by Crippen LogP contribution is 2.32. The van der Waals surface area contributed by atoms with Crippen molar-refractivity contribution >= 4 is 17.5 Å². The minimum Gasteiger partial charge on any atom is -0.497 e. The van der Waals surface area contributed by atoms with Gasteiger partial charge in [-0.1, -0.05) is 48.0 Å². The van der Waals surface area contributed by atoms with E-state index < -0.39 is 0 Å². The van der Waals surface area contributed by atoms with Crippen molar-refractivity contribution < 1.29 is 9.53 Å². The molecule has 1 aliphatic heterocycles. The zero-order chi connectivity index (χ0) is 22.9. The molecule has 1 aromatic heterocycles. The van der Waals surface area contributed by atoms with Gasteiger partial charge in [0.1, 0.15) is 5.75 Å². The third-order valence-electron chi connectivity index (χ3n) is 6.37. The van der Waals surface area contributed by atoms with Crippen LogP contribution in [0.15, 0.2) is 78.9 Å². The van der Waals surface area contributed by atoms with Crippen molar-refractivity contribution in [2.45, 2.75) is 19.9 Å². The van der Waals surface area contributed by atoms with Gasteiger partial charge in [0.05, 0.1) is 18.4 Å². The average Bonchev–Trinajstić information content (AvgIpc) is 3.20. The average molecular weight is 457 g/mol. The fourth-order valence-electron chi connectivity index (χ4n) is 4.56. The van der Waals surface area contributed by atoms with E-state index in [4.69, 9.17) is 16.3 Å². The maximum Gasteiger partial charge on any atom is 0.256 e. The molecular weight excluding hydrogens is 432 g/mol. The second-order valence-electron chi connectivity index (χ2n) is 8.31. The number of ether oxygens (including phenoxy) is 1. The SMILES string of the molecule is COc1ccc(-n2c(-c3ccc(Cl)cc3)cc(C(=O)N3CCc4ccccc4C3)c2C)cc1. The molecule has 3 aromatic carbocycles. The van der Waals surface area contributed by atoms with Gasteiger partial charge in [0.15, 0.2) is 0 Å². The van der Waals surface area contributed by atoms with Crippen LogP contribution in [0.25, 0.3) is 16.9 Å². The summed E-state index contributed by atoms with van der Waals surface area (Å²) in [7, 11) is 1.66. The van der Waals surface area contributed by atoms with E-state index in [0.717, 1.165) is 46.9 Å². The Morgan fingerprint density at radius 3 is 2.33 bits per heavy atom. The first-order valence-corrected chi connectivity index (χ1v) is 11.4. The molecule has 0 atom stereocenters. The minimum atomic E-state index is 0.0597. The van der Waals surface area contributed by atoms with Gasteiger partial charge in [-0.3, -0.25) is 4.79 Å². The van der Waals surface area contributed by atoms with Crippen LogP contribution in [0.3, 0.4) is 0 Å². The molecule has 1 amide bonds. The molecular formula is C28H25ClN2O2. The lowest BCUT2D eigenvalue weighted by Crippen LogP contribution is -2.36. The maximum absolute atomic E-state index is 13.7. The van der Waals surface area contributed by atoms with E-state index in [1.807, 2.05) is 72.5 Å². The van der Waals surface area contributed by atoms with Crippen molar-refractivity contribution in [1.29, 1.82) is 0 Å². The van der Waals surface area contributed by atoms with Crippen LogP contribution >= 0.6 is 11.6 Å². The Hall–Kier alpha value is -3.50. The van der Waals surface area contributed by atoms with E-state index in [9.17, 15) is 4.79 Å². The zero-order valence-electron chi connectivity index (χ0n) is 18.7. The number of aromatic nitrogens is 1. The molecule has 0 N–H and O–H groups in total. The molecule has 166 valence electrons. The molecule has 0 unspecified atom stereocenters. The zero-order valence-corrected chi connectivity index (χ0v) is 19.5. The van der Waals surface area contributed by atoms with E-state index in [-0.39, 0.29) is 5.91 Å². The lowest BCUT2D eigenvalue weighted by atomic mass is 9.99. The standard InChI is InChI=1S/C28H25ClN2O2/c1-19-26(28(32)30-16-15-20-5-3-4-6-22(20)18-30)17-27(21-7-9-23(29)10-8-21)31(19)24-11-13-25(33-2)14-12-24/h3-14,17H,15-16,18H2,1-2H3. The van der Waals surface area contributed by atoms with Crippen molar-refractivity contribution in [3.05, 3.63) is 106 Å². The molecule has 0 fully saturated rings. The van der Waals surface area contributed by atoms with Crippen molar-refractivity contribution in [2.24, 2.45) is 0 Å². The Labute approximate surface area is 199 Å². The molecule has 33 heavy (non-hydrogen) atoms. The van der Waals surface area contributed by atoms with Gasteiger partial charge in [0.2, 0.25) is 0 Å². The lowest BCUT2D eigenvalue weighted by Gasteiger charge is -2.29. The smallest absolute Gasteiger partial charge is 0.256 e. The van der Waals surface area contributed by atoms with Gasteiger partial charge in [-0.25, -0.2) is 0 Å². The molecule has 0 spiro atoms. The number of hydrogen-bond donors (Lipinski definition) is 0. The van der Waals surface area contributed by atoms with E-state index >= 15 is 0 Å². The molecule has 0 saturated heterocycles. The molecule has 0 aliphatic carbocycles. The van der Waals surface area contributed by atoms with E-state index in [1.54, 1.807) is 7.11 Å². The third-order valence-corrected chi connectivity index (χ3v) is 6.62. The Morgan fingerprint density at radius 2 is 1.64 bits per heavy atom. The van der Waals surface area contributed by atoms with E-state index in [1.165, 1.54) is 11.1 Å². The molecule has 0 saturated carbocycles. The van der Waals surface area contributed by atoms with Gasteiger partial charge in [-0.05, 0) is 72.5 Å². The Bertz CT molecular complexity index is 1310. The Kier molecular flexibility index (Phi) is 5.69. The fourth-order valence-corrected chi connectivity index (χ4v) is 4.69. The number of benzene rings is 3. The first kappa shape index (κ1) is 21.4. The highest BCUT2D eigenvalue weighted by molar-refractivity contribution is 6.30. The Balaban J connectivity index is 1.58. The van der Waals surface area contributed by atoms with Crippen molar-refractivity contribution in [3.63, 3.8) is 0 Å². The first-order chi connectivity index (χ1) is 16.0. The summed E-state index contributed by atoms with van der Waals surface area (Å²) in [5, 5.41) is 0.682. The van der Waals surface area contributed by atoms with E-state index in [2.05, 4.69) is 22.8 Å². The molecule has 1 aliphatic rings. The van der Waals surface area contributed by atoms with Crippen molar-refractivity contribution in [1.82, 2.24) is 9.47 Å². The van der Waals surface area contributed by atoms with Crippen LogP contribution in [0.2, 0.25) is 5.02 Å². The molecule has 0 radical (unpaired) electrons. The van der Waals surface area contributed by atoms with Crippen LogP contribution in [0.5, 0.6) is 5.75 Å². The van der Waals surface area contributed by atoms with Crippen molar-refractivity contribution in [2.75, 3.05) is 13.7 Å². The number of amides is 1. The lowest BCUT2D eigenvalue weighted by molar-refractivity contribution is 0.0734. The summed E-state index contributed by atoms with van der Waals surface area (Å²) in [6.07, 6.45) is 0.879. The number of carbonyl (C=O) groups is 1. The highest BCUT2D eigenvalue weighted by atomic mass is 35.5. The van der Waals surface area contributed by atoms with Crippen LogP contribution in [0.4, 0.5) is 0 Å². The predicted octanol–water partition coefficient (Wildman–Crippen LogP) is 6.31. The molecule has 5 rings (SSSR count). The number of halogens is 1. The normalized spacial score (nSPS) is 13.0. The number of rotatable bonds is 4. The molecule has 0 bridgehead atoms. The predicted molar refractivity (Wildman–Crippen MR) is 132 cm³/mol. The third kappa shape index (κ3) is 4.03. The number of carbonyl (C=O) groups excluding carboxylic acids is 1. The fraction of sp³-hybridized carbons (Fsp3) is 0.179. The van der Waals surface area contributed by atoms with Crippen LogP contribution in [-0.2, 0) is 13.0 Å². The first-order valence-electron chi connectivity index (χ1n) is 11.0. The van der Waals surface area contributed by atoms with Crippen LogP contribution < -0.4 is 4.74 Å². The van der Waals surface area contributed by atoms with Gasteiger partial charge in [-0.15, -0.1) is 0 Å². The minimum absolute atomic E-state index is 0.0597. The Morgan fingerprint density at radius 1 is 0.939 bits per heavy atom. The monoisotopic (exact) mass is 456 g/mol. The quantitative estimate of drug-likeness (QED) is 0.360. The van der Waals surface area contributed by atoms with Gasteiger partial charge in [0.25, 0.3) is 5.91 Å². The van der Waals surface area contributed by atoms with Crippen LogP contribution in [0, 0.1) is 6.92 Å². The molecule has 4 aromatic rings. The topological polar surface area (TPSA) is 34.5 Å². The summed E-state index contributed by atoms with van der Waals surface area (Å²) >= 11 is 6.14. The second-order valence-corrected chi connectivity index (χ2v) is 8.75. The maximum atomic E-state index is 13.7. The van der Waals surface area contributed by atoms with E-state index in [0.29, 0.717) is 11.6 Å². The van der Waals surface area contributed by atoms with Gasteiger partial charge >= 0.3 is 0 Å². The summed E-state index contributed by atoms with van der Waals surface area (Å²) < 4.78 is 7.46. The largest absolute Gasteiger partial charge is 0.497 e. The molecule has 4 nitrogen and oxygen atoms in total.